The molecule has 0 fully saturated rings. The van der Waals surface area contributed by atoms with Crippen molar-refractivity contribution in [3.05, 3.63) is 62.4 Å². The number of nitrogens with zero attached hydrogens (tertiary/aromatic N) is 2. The highest BCUT2D eigenvalue weighted by molar-refractivity contribution is 5.38. The Morgan fingerprint density at radius 3 is 2.39 bits per heavy atom. The maximum Gasteiger partial charge on any atom is 0.416 e. The lowest BCUT2D eigenvalue weighted by atomic mass is 10.2. The third kappa shape index (κ3) is 3.23. The quantitative estimate of drug-likeness (QED) is 0.869. The van der Waals surface area contributed by atoms with Gasteiger partial charge in [0.05, 0.1) is 11.3 Å². The highest BCUT2D eigenvalue weighted by Crippen LogP contribution is 2.30. The van der Waals surface area contributed by atoms with Crippen LogP contribution in [-0.4, -0.2) is 9.13 Å². The molecular weight excluding hydrogens is 309 g/mol. The van der Waals surface area contributed by atoms with E-state index in [0.29, 0.717) is 12.1 Å². The summed E-state index contributed by atoms with van der Waals surface area (Å²) in [4.78, 5) is 24.7. The van der Waals surface area contributed by atoms with Crippen LogP contribution in [0.1, 0.15) is 37.6 Å². The molecule has 7 heteroatoms. The molecule has 0 spiro atoms. The number of aromatic nitrogens is 2. The first-order valence-electron chi connectivity index (χ1n) is 7.19. The second-order valence-corrected chi connectivity index (χ2v) is 5.42. The van der Waals surface area contributed by atoms with Crippen LogP contribution in [0, 0.1) is 6.92 Å². The van der Waals surface area contributed by atoms with E-state index < -0.39 is 23.0 Å². The van der Waals surface area contributed by atoms with Gasteiger partial charge in [-0.2, -0.15) is 13.2 Å². The summed E-state index contributed by atoms with van der Waals surface area (Å²) in [6.45, 7) is 5.06. The first kappa shape index (κ1) is 17.1. The summed E-state index contributed by atoms with van der Waals surface area (Å²) in [5.74, 6) is 0. The Kier molecular flexibility index (Phi) is 4.49. The van der Waals surface area contributed by atoms with E-state index in [0.717, 1.165) is 21.3 Å². The van der Waals surface area contributed by atoms with Crippen LogP contribution in [0.15, 0.2) is 39.9 Å². The Morgan fingerprint density at radius 2 is 1.83 bits per heavy atom. The number of hydrogen-bond acceptors (Lipinski definition) is 2. The van der Waals surface area contributed by atoms with Crippen molar-refractivity contribution < 1.29 is 13.2 Å². The van der Waals surface area contributed by atoms with Crippen LogP contribution in [0.25, 0.3) is 5.69 Å². The monoisotopic (exact) mass is 326 g/mol. The molecule has 2 aromatic rings. The molecule has 1 aromatic heterocycles. The fourth-order valence-electron chi connectivity index (χ4n) is 2.39. The first-order chi connectivity index (χ1) is 10.7. The fraction of sp³-hybridized carbons (Fsp3) is 0.375. The van der Waals surface area contributed by atoms with Crippen molar-refractivity contribution in [2.75, 3.05) is 0 Å². The van der Waals surface area contributed by atoms with Crippen LogP contribution >= 0.6 is 0 Å². The summed E-state index contributed by atoms with van der Waals surface area (Å²) in [6, 6.07) is 5.41. The number of rotatable bonds is 3. The average Bonchev–Trinajstić information content (AvgIpc) is 2.45. The predicted molar refractivity (Wildman–Crippen MR) is 81.0 cm³/mol. The van der Waals surface area contributed by atoms with Gasteiger partial charge in [-0.15, -0.1) is 0 Å². The van der Waals surface area contributed by atoms with E-state index >= 15 is 0 Å². The summed E-state index contributed by atoms with van der Waals surface area (Å²) in [5, 5.41) is 0. The van der Waals surface area contributed by atoms with Gasteiger partial charge in [-0.05, 0) is 38.5 Å². The van der Waals surface area contributed by atoms with Crippen LogP contribution in [0.4, 0.5) is 13.2 Å². The number of aryl methyl sites for hydroxylation is 1. The van der Waals surface area contributed by atoms with Crippen molar-refractivity contribution in [1.82, 2.24) is 9.13 Å². The molecule has 0 aliphatic rings. The lowest BCUT2D eigenvalue weighted by Gasteiger charge is -2.17. The topological polar surface area (TPSA) is 44.0 Å². The summed E-state index contributed by atoms with van der Waals surface area (Å²) >= 11 is 0. The van der Waals surface area contributed by atoms with Gasteiger partial charge < -0.3 is 0 Å². The van der Waals surface area contributed by atoms with Crippen LogP contribution in [0.3, 0.4) is 0 Å². The number of benzene rings is 1. The van der Waals surface area contributed by atoms with Crippen LogP contribution in [0.5, 0.6) is 0 Å². The Bertz CT molecular complexity index is 834. The normalized spacial score (nSPS) is 13.1. The van der Waals surface area contributed by atoms with Crippen molar-refractivity contribution >= 4 is 0 Å². The standard InChI is InChI=1S/C16H17F3N2O2/c1-4-10(2)21-14(22)8-11(3)20(15(21)23)13-7-5-6-12(9-13)16(17,18)19/h5-10H,4H2,1-3H3/t10-/m1/s1. The maximum absolute atomic E-state index is 12.9. The molecule has 0 saturated heterocycles. The molecule has 1 atom stereocenters. The maximum atomic E-state index is 12.9. The summed E-state index contributed by atoms with van der Waals surface area (Å²) < 4.78 is 40.8. The Hall–Kier alpha value is -2.31. The van der Waals surface area contributed by atoms with Gasteiger partial charge in [0.1, 0.15) is 0 Å². The predicted octanol–water partition coefficient (Wildman–Crippen LogP) is 3.30. The van der Waals surface area contributed by atoms with Gasteiger partial charge >= 0.3 is 11.9 Å². The molecule has 0 bridgehead atoms. The minimum Gasteiger partial charge on any atom is -0.269 e. The van der Waals surface area contributed by atoms with Gasteiger partial charge in [-0.25, -0.2) is 4.79 Å². The average molecular weight is 326 g/mol. The van der Waals surface area contributed by atoms with Crippen LogP contribution < -0.4 is 11.2 Å². The molecule has 0 amide bonds. The number of hydrogen-bond donors (Lipinski definition) is 0. The number of halogens is 3. The van der Waals surface area contributed by atoms with Crippen molar-refractivity contribution in [3.63, 3.8) is 0 Å². The SMILES string of the molecule is CC[C@@H](C)n1c(=O)cc(C)n(-c2cccc(C(F)(F)F)c2)c1=O. The molecule has 0 aliphatic carbocycles. The van der Waals surface area contributed by atoms with E-state index in [9.17, 15) is 22.8 Å². The second kappa shape index (κ2) is 6.06. The zero-order valence-corrected chi connectivity index (χ0v) is 13.0. The third-order valence-electron chi connectivity index (χ3n) is 3.78. The molecule has 2 rings (SSSR count). The molecule has 0 N–H and O–H groups in total. The summed E-state index contributed by atoms with van der Waals surface area (Å²) in [5.41, 5.74) is -1.56. The van der Waals surface area contributed by atoms with Gasteiger partial charge in [0.15, 0.2) is 0 Å². The van der Waals surface area contributed by atoms with Crippen molar-refractivity contribution in [2.24, 2.45) is 0 Å². The summed E-state index contributed by atoms with van der Waals surface area (Å²) in [6.07, 6.45) is -3.94. The lowest BCUT2D eigenvalue weighted by molar-refractivity contribution is -0.137. The van der Waals surface area contributed by atoms with Crippen molar-refractivity contribution in [2.45, 2.75) is 39.4 Å². The van der Waals surface area contributed by atoms with Gasteiger partial charge in [0, 0.05) is 17.8 Å². The smallest absolute Gasteiger partial charge is 0.269 e. The Labute approximate surface area is 130 Å². The van der Waals surface area contributed by atoms with Crippen LogP contribution in [-0.2, 0) is 6.18 Å². The van der Waals surface area contributed by atoms with E-state index in [-0.39, 0.29) is 11.7 Å². The minimum atomic E-state index is -4.50. The molecule has 0 aliphatic heterocycles. The molecule has 23 heavy (non-hydrogen) atoms. The van der Waals surface area contributed by atoms with E-state index in [1.807, 2.05) is 6.92 Å². The first-order valence-corrected chi connectivity index (χ1v) is 7.19. The second-order valence-electron chi connectivity index (χ2n) is 5.42. The van der Waals surface area contributed by atoms with Crippen molar-refractivity contribution in [3.8, 4) is 5.69 Å². The minimum absolute atomic E-state index is 0.0828. The van der Waals surface area contributed by atoms with Crippen molar-refractivity contribution in [1.29, 1.82) is 0 Å². The molecule has 124 valence electrons. The highest BCUT2D eigenvalue weighted by Gasteiger charge is 2.30. The summed E-state index contributed by atoms with van der Waals surface area (Å²) in [7, 11) is 0. The van der Waals surface area contributed by atoms with Gasteiger partial charge in [-0.3, -0.25) is 13.9 Å². The lowest BCUT2D eigenvalue weighted by Crippen LogP contribution is -2.41. The number of alkyl halides is 3. The van der Waals surface area contributed by atoms with Gasteiger partial charge in [0.2, 0.25) is 0 Å². The molecule has 0 unspecified atom stereocenters. The molecule has 0 saturated carbocycles. The highest BCUT2D eigenvalue weighted by atomic mass is 19.4. The Balaban J connectivity index is 2.75. The molecule has 4 nitrogen and oxygen atoms in total. The van der Waals surface area contributed by atoms with E-state index in [4.69, 9.17) is 0 Å². The van der Waals surface area contributed by atoms with Crippen LogP contribution in [0.2, 0.25) is 0 Å². The molecule has 1 aromatic carbocycles. The van der Waals surface area contributed by atoms with E-state index in [1.165, 1.54) is 25.1 Å². The third-order valence-corrected chi connectivity index (χ3v) is 3.78. The largest absolute Gasteiger partial charge is 0.416 e. The zero-order chi connectivity index (χ0) is 17.4. The van der Waals surface area contributed by atoms with E-state index in [2.05, 4.69) is 0 Å². The van der Waals surface area contributed by atoms with Gasteiger partial charge in [0.25, 0.3) is 5.56 Å². The Morgan fingerprint density at radius 1 is 1.17 bits per heavy atom. The molecular formula is C16H17F3N2O2. The fourth-order valence-corrected chi connectivity index (χ4v) is 2.39. The zero-order valence-electron chi connectivity index (χ0n) is 13.0. The van der Waals surface area contributed by atoms with Gasteiger partial charge in [-0.1, -0.05) is 13.0 Å². The molecule has 1 heterocycles. The van der Waals surface area contributed by atoms with E-state index in [1.54, 1.807) is 6.92 Å². The molecule has 0 radical (unpaired) electrons.